The molecule has 2 atom stereocenters. The first-order valence-corrected chi connectivity index (χ1v) is 9.49. The van der Waals surface area contributed by atoms with Gasteiger partial charge in [-0.15, -0.1) is 0 Å². The first-order chi connectivity index (χ1) is 12.1. The third-order valence-electron chi connectivity index (χ3n) is 5.85. The van der Waals surface area contributed by atoms with Gasteiger partial charge in [0, 0.05) is 6.42 Å². The maximum absolute atomic E-state index is 13.1. The molecule has 0 radical (unpaired) electrons. The van der Waals surface area contributed by atoms with Crippen molar-refractivity contribution in [2.75, 3.05) is 40.4 Å². The number of methoxy groups -OCH3 is 2. The minimum absolute atomic E-state index is 0.0189. The summed E-state index contributed by atoms with van der Waals surface area (Å²) in [5, 5.41) is 0. The maximum Gasteiger partial charge on any atom is 0.261 e. The van der Waals surface area contributed by atoms with Crippen molar-refractivity contribution in [2.24, 2.45) is 5.92 Å². The van der Waals surface area contributed by atoms with Gasteiger partial charge < -0.3 is 19.3 Å². The summed E-state index contributed by atoms with van der Waals surface area (Å²) >= 11 is 0. The second-order valence-corrected chi connectivity index (χ2v) is 7.46. The summed E-state index contributed by atoms with van der Waals surface area (Å²) in [7, 11) is 3.19. The summed E-state index contributed by atoms with van der Waals surface area (Å²) in [5.41, 5.74) is 0.544. The number of benzene rings is 1. The Labute approximate surface area is 150 Å². The van der Waals surface area contributed by atoms with Gasteiger partial charge in [0.15, 0.2) is 0 Å². The highest BCUT2D eigenvalue weighted by molar-refractivity contribution is 5.99. The molecule has 25 heavy (non-hydrogen) atoms. The first-order valence-electron chi connectivity index (χ1n) is 9.49. The van der Waals surface area contributed by atoms with Gasteiger partial charge in [-0.3, -0.25) is 4.79 Å². The Kier molecular flexibility index (Phi) is 5.84. The number of carbonyl (C=O) groups excluding carboxylic acids is 1. The van der Waals surface area contributed by atoms with E-state index in [0.717, 1.165) is 38.1 Å². The molecule has 0 unspecified atom stereocenters. The van der Waals surface area contributed by atoms with Crippen LogP contribution in [0, 0.1) is 5.92 Å². The lowest BCUT2D eigenvalue weighted by atomic mass is 9.86. The molecule has 5 heteroatoms. The van der Waals surface area contributed by atoms with Gasteiger partial charge in [0.25, 0.3) is 5.91 Å². The fourth-order valence-electron chi connectivity index (χ4n) is 4.43. The van der Waals surface area contributed by atoms with Crippen LogP contribution in [-0.2, 0) is 0 Å². The van der Waals surface area contributed by atoms with Gasteiger partial charge in [-0.05, 0) is 30.9 Å². The monoisotopic (exact) mass is 347 g/mol. The van der Waals surface area contributed by atoms with Gasteiger partial charge in [0.1, 0.15) is 17.1 Å². The van der Waals surface area contributed by atoms with Crippen LogP contribution in [0.5, 0.6) is 11.5 Å². The number of amides is 1. The number of piperazine rings is 1. The molecule has 1 aromatic rings. The van der Waals surface area contributed by atoms with E-state index in [9.17, 15) is 4.79 Å². The lowest BCUT2D eigenvalue weighted by Crippen LogP contribution is -3.18. The smallest absolute Gasteiger partial charge is 0.261 e. The number of rotatable bonds is 4. The molecule has 1 N–H and O–H groups in total. The number of hydrogen-bond acceptors (Lipinski definition) is 3. The summed E-state index contributed by atoms with van der Waals surface area (Å²) < 4.78 is 10.8. The Hall–Kier alpha value is -1.75. The fraction of sp³-hybridized carbons (Fsp3) is 0.650. The zero-order valence-electron chi connectivity index (χ0n) is 15.7. The lowest BCUT2D eigenvalue weighted by Gasteiger charge is -2.39. The normalized spacial score (nSPS) is 24.8. The lowest BCUT2D eigenvalue weighted by molar-refractivity contribution is -0.930. The van der Waals surface area contributed by atoms with Gasteiger partial charge in [0.05, 0.1) is 46.4 Å². The molecule has 1 amide bonds. The molecule has 2 fully saturated rings. The standard InChI is InChI=1S/C20H30N2O3/c1-15-6-4-7-16(14-15)21-10-12-22(13-11-21)20(23)19-17(24-2)8-5-9-18(19)25-3/h5,8-9,15-16H,4,6-7,10-14H2,1-3H3/p+1/t15-,16+/m0/s1. The molecule has 0 aromatic heterocycles. The van der Waals surface area contributed by atoms with Crippen molar-refractivity contribution in [1.29, 1.82) is 0 Å². The van der Waals surface area contributed by atoms with Crippen LogP contribution in [-0.4, -0.2) is 57.2 Å². The zero-order chi connectivity index (χ0) is 17.8. The van der Waals surface area contributed by atoms with Gasteiger partial charge in [-0.1, -0.05) is 19.4 Å². The van der Waals surface area contributed by atoms with E-state index >= 15 is 0 Å². The summed E-state index contributed by atoms with van der Waals surface area (Å²) in [6.07, 6.45) is 5.41. The van der Waals surface area contributed by atoms with Gasteiger partial charge >= 0.3 is 0 Å². The second kappa shape index (κ2) is 8.09. The van der Waals surface area contributed by atoms with Gasteiger partial charge in [-0.25, -0.2) is 0 Å². The molecule has 1 heterocycles. The Morgan fingerprint density at radius 1 is 1.12 bits per heavy atom. The summed E-state index contributed by atoms with van der Waals surface area (Å²) in [5.74, 6) is 2.04. The van der Waals surface area contributed by atoms with Crippen molar-refractivity contribution < 1.29 is 19.2 Å². The molecule has 1 saturated carbocycles. The van der Waals surface area contributed by atoms with Crippen molar-refractivity contribution in [1.82, 2.24) is 4.90 Å². The first kappa shape index (κ1) is 18.1. The Bertz CT molecular complexity index is 574. The Morgan fingerprint density at radius 3 is 2.32 bits per heavy atom. The molecule has 5 nitrogen and oxygen atoms in total. The number of hydrogen-bond donors (Lipinski definition) is 1. The quantitative estimate of drug-likeness (QED) is 0.900. The van der Waals surface area contributed by atoms with Crippen molar-refractivity contribution >= 4 is 5.91 Å². The molecular formula is C20H31N2O3+. The summed E-state index contributed by atoms with van der Waals surface area (Å²) in [6.45, 7) is 6.07. The molecule has 0 bridgehead atoms. The number of carbonyl (C=O) groups is 1. The fourth-order valence-corrected chi connectivity index (χ4v) is 4.43. The van der Waals surface area contributed by atoms with Crippen molar-refractivity contribution in [3.8, 4) is 11.5 Å². The second-order valence-electron chi connectivity index (χ2n) is 7.46. The molecule has 1 aliphatic carbocycles. The maximum atomic E-state index is 13.1. The third-order valence-corrected chi connectivity index (χ3v) is 5.85. The molecule has 1 saturated heterocycles. The largest absolute Gasteiger partial charge is 0.496 e. The average Bonchev–Trinajstić information content (AvgIpc) is 2.66. The van der Waals surface area contributed by atoms with Crippen LogP contribution in [0.4, 0.5) is 0 Å². The number of ether oxygens (including phenoxy) is 2. The van der Waals surface area contributed by atoms with E-state index in [0.29, 0.717) is 17.1 Å². The van der Waals surface area contributed by atoms with Crippen molar-refractivity contribution in [3.63, 3.8) is 0 Å². The predicted molar refractivity (Wildman–Crippen MR) is 97.6 cm³/mol. The van der Waals surface area contributed by atoms with E-state index in [1.54, 1.807) is 19.1 Å². The van der Waals surface area contributed by atoms with E-state index in [2.05, 4.69) is 6.92 Å². The number of nitrogens with one attached hydrogen (secondary N) is 1. The van der Waals surface area contributed by atoms with Crippen LogP contribution in [0.25, 0.3) is 0 Å². The highest BCUT2D eigenvalue weighted by Gasteiger charge is 2.33. The average molecular weight is 347 g/mol. The van der Waals surface area contributed by atoms with Crippen LogP contribution >= 0.6 is 0 Å². The molecular weight excluding hydrogens is 316 g/mol. The SMILES string of the molecule is COc1cccc(OC)c1C(=O)N1CC[NH+]([C@@H]2CCC[C@H](C)C2)CC1. The van der Waals surface area contributed by atoms with Crippen LogP contribution in [0.15, 0.2) is 18.2 Å². The van der Waals surface area contributed by atoms with Crippen molar-refractivity contribution in [2.45, 2.75) is 38.6 Å². The zero-order valence-corrected chi connectivity index (χ0v) is 15.7. The molecule has 2 aliphatic rings. The highest BCUT2D eigenvalue weighted by Crippen LogP contribution is 2.29. The van der Waals surface area contributed by atoms with Crippen LogP contribution in [0.3, 0.4) is 0 Å². The minimum atomic E-state index is 0.0189. The summed E-state index contributed by atoms with van der Waals surface area (Å²) in [6, 6.07) is 6.27. The van der Waals surface area contributed by atoms with Crippen molar-refractivity contribution in [3.05, 3.63) is 23.8 Å². The van der Waals surface area contributed by atoms with E-state index in [4.69, 9.17) is 9.47 Å². The van der Waals surface area contributed by atoms with Crippen LogP contribution < -0.4 is 14.4 Å². The van der Waals surface area contributed by atoms with E-state index in [1.165, 1.54) is 25.7 Å². The molecule has 1 aromatic carbocycles. The van der Waals surface area contributed by atoms with E-state index < -0.39 is 0 Å². The predicted octanol–water partition coefficient (Wildman–Crippen LogP) is 1.62. The van der Waals surface area contributed by atoms with Gasteiger partial charge in [0.2, 0.25) is 0 Å². The third kappa shape index (κ3) is 3.92. The van der Waals surface area contributed by atoms with E-state index in [1.807, 2.05) is 23.1 Å². The highest BCUT2D eigenvalue weighted by atomic mass is 16.5. The topological polar surface area (TPSA) is 43.2 Å². The minimum Gasteiger partial charge on any atom is -0.496 e. The molecule has 3 rings (SSSR count). The molecule has 138 valence electrons. The summed E-state index contributed by atoms with van der Waals surface area (Å²) in [4.78, 5) is 16.7. The Balaban J connectivity index is 1.66. The van der Waals surface area contributed by atoms with Crippen LogP contribution in [0.1, 0.15) is 43.0 Å². The van der Waals surface area contributed by atoms with Crippen LogP contribution in [0.2, 0.25) is 0 Å². The molecule has 0 spiro atoms. The number of nitrogens with zero attached hydrogens (tertiary/aromatic N) is 1. The molecule has 1 aliphatic heterocycles. The van der Waals surface area contributed by atoms with Gasteiger partial charge in [-0.2, -0.15) is 0 Å². The Morgan fingerprint density at radius 2 is 1.76 bits per heavy atom. The number of quaternary nitrogens is 1. The van der Waals surface area contributed by atoms with E-state index in [-0.39, 0.29) is 5.91 Å².